The van der Waals surface area contributed by atoms with Crippen LogP contribution in [0.15, 0.2) is 35.7 Å². The number of esters is 1. The molecule has 0 saturated carbocycles. The lowest BCUT2D eigenvalue weighted by Crippen LogP contribution is -2.37. The number of amides is 2. The van der Waals surface area contributed by atoms with Crippen LogP contribution >= 0.6 is 0 Å². The van der Waals surface area contributed by atoms with E-state index in [1.807, 2.05) is 0 Å². The van der Waals surface area contributed by atoms with Crippen LogP contribution in [0.1, 0.15) is 5.56 Å². The van der Waals surface area contributed by atoms with Gasteiger partial charge in [-0.2, -0.15) is 4.31 Å². The third-order valence-corrected chi connectivity index (χ3v) is 4.91. The van der Waals surface area contributed by atoms with Crippen LogP contribution in [0.2, 0.25) is 0 Å². The molecule has 0 atom stereocenters. The van der Waals surface area contributed by atoms with Crippen LogP contribution in [0.5, 0.6) is 0 Å². The Kier molecular flexibility index (Phi) is 6.47. The molecule has 1 aliphatic rings. The summed E-state index contributed by atoms with van der Waals surface area (Å²) in [6.45, 7) is -1.05. The first-order valence-electron chi connectivity index (χ1n) is 7.62. The van der Waals surface area contributed by atoms with Gasteiger partial charge in [-0.1, -0.05) is 30.3 Å². The molecule has 26 heavy (non-hydrogen) atoms. The highest BCUT2D eigenvalue weighted by Crippen LogP contribution is 2.07. The first-order chi connectivity index (χ1) is 12.3. The molecule has 1 heterocycles. The van der Waals surface area contributed by atoms with Gasteiger partial charge in [-0.05, 0) is 11.6 Å². The zero-order valence-corrected chi connectivity index (χ0v) is 14.8. The van der Waals surface area contributed by atoms with Gasteiger partial charge < -0.3 is 9.47 Å². The molecule has 0 N–H and O–H groups in total. The standard InChI is InChI=1S/C16H18N2O7S/c1-17(26(22,23)10-7-13-5-3-2-4-6-13)11-15(20)25-12-14(19)18-8-9-24-16(18)21/h2-7,10H,8-9,11-12H2,1H3/b10-7+. The van der Waals surface area contributed by atoms with Crippen LogP contribution in [-0.2, 0) is 29.1 Å². The highest BCUT2D eigenvalue weighted by molar-refractivity contribution is 7.92. The third-order valence-electron chi connectivity index (χ3n) is 3.44. The number of carbonyl (C=O) groups is 3. The van der Waals surface area contributed by atoms with E-state index in [9.17, 15) is 22.8 Å². The fourth-order valence-corrected chi connectivity index (χ4v) is 2.81. The van der Waals surface area contributed by atoms with Gasteiger partial charge in [0.25, 0.3) is 5.91 Å². The van der Waals surface area contributed by atoms with E-state index in [0.717, 1.165) is 14.6 Å². The Hall–Kier alpha value is -2.72. The van der Waals surface area contributed by atoms with Crippen LogP contribution in [-0.4, -0.2) is 68.9 Å². The molecule has 1 saturated heterocycles. The number of nitrogens with zero attached hydrogens (tertiary/aromatic N) is 2. The van der Waals surface area contributed by atoms with Gasteiger partial charge in [0, 0.05) is 12.5 Å². The number of benzene rings is 1. The van der Waals surface area contributed by atoms with Crippen LogP contribution < -0.4 is 0 Å². The zero-order chi connectivity index (χ0) is 19.2. The number of sulfonamides is 1. The topological polar surface area (TPSA) is 110 Å². The predicted octanol–water partition coefficient (Wildman–Crippen LogP) is 0.441. The Morgan fingerprint density at radius 2 is 2.00 bits per heavy atom. The molecule has 1 aromatic rings. The molecule has 1 aliphatic heterocycles. The lowest BCUT2D eigenvalue weighted by atomic mass is 10.2. The van der Waals surface area contributed by atoms with Crippen LogP contribution in [0.4, 0.5) is 4.79 Å². The molecule has 0 radical (unpaired) electrons. The highest BCUT2D eigenvalue weighted by atomic mass is 32.2. The van der Waals surface area contributed by atoms with E-state index in [4.69, 9.17) is 4.74 Å². The molecule has 0 bridgehead atoms. The SMILES string of the molecule is CN(CC(=O)OCC(=O)N1CCOC1=O)S(=O)(=O)/C=C/c1ccccc1. The molecule has 2 rings (SSSR count). The maximum Gasteiger partial charge on any atom is 0.416 e. The van der Waals surface area contributed by atoms with Crippen molar-refractivity contribution >= 4 is 34.1 Å². The van der Waals surface area contributed by atoms with E-state index in [2.05, 4.69) is 4.74 Å². The molecular formula is C16H18N2O7S. The lowest BCUT2D eigenvalue weighted by Gasteiger charge is -2.15. The number of hydrogen-bond acceptors (Lipinski definition) is 7. The zero-order valence-electron chi connectivity index (χ0n) is 14.0. The lowest BCUT2D eigenvalue weighted by molar-refractivity contribution is -0.150. The van der Waals surface area contributed by atoms with Crippen molar-refractivity contribution in [3.8, 4) is 0 Å². The summed E-state index contributed by atoms with van der Waals surface area (Å²) < 4.78 is 34.4. The monoisotopic (exact) mass is 382 g/mol. The van der Waals surface area contributed by atoms with Crippen LogP contribution in [0, 0.1) is 0 Å². The van der Waals surface area contributed by atoms with Gasteiger partial charge in [0.2, 0.25) is 10.0 Å². The number of likely N-dealkylation sites (N-methyl/N-ethyl adjacent to an activating group) is 1. The van der Waals surface area contributed by atoms with Crippen molar-refractivity contribution in [3.63, 3.8) is 0 Å². The van der Waals surface area contributed by atoms with Crippen molar-refractivity contribution < 1.29 is 32.3 Å². The fraction of sp³-hybridized carbons (Fsp3) is 0.312. The smallest absolute Gasteiger partial charge is 0.416 e. The van der Waals surface area contributed by atoms with Crippen molar-refractivity contribution in [2.24, 2.45) is 0 Å². The summed E-state index contributed by atoms with van der Waals surface area (Å²) in [5, 5.41) is 0.973. The van der Waals surface area contributed by atoms with Crippen molar-refractivity contribution in [1.29, 1.82) is 0 Å². The minimum absolute atomic E-state index is 0.0905. The number of imide groups is 1. The van der Waals surface area contributed by atoms with Gasteiger partial charge in [0.05, 0.1) is 6.54 Å². The van der Waals surface area contributed by atoms with Gasteiger partial charge in [0.15, 0.2) is 6.61 Å². The molecule has 0 unspecified atom stereocenters. The Morgan fingerprint density at radius 3 is 2.62 bits per heavy atom. The van der Waals surface area contributed by atoms with E-state index in [1.54, 1.807) is 30.3 Å². The van der Waals surface area contributed by atoms with E-state index >= 15 is 0 Å². The maximum atomic E-state index is 12.1. The van der Waals surface area contributed by atoms with E-state index < -0.39 is 41.1 Å². The molecular weight excluding hydrogens is 364 g/mol. The second-order valence-electron chi connectivity index (χ2n) is 5.33. The van der Waals surface area contributed by atoms with Gasteiger partial charge in [-0.25, -0.2) is 18.1 Å². The largest absolute Gasteiger partial charge is 0.455 e. The number of cyclic esters (lactones) is 1. The van der Waals surface area contributed by atoms with E-state index in [1.165, 1.54) is 13.1 Å². The second-order valence-corrected chi connectivity index (χ2v) is 7.26. The quantitative estimate of drug-likeness (QED) is 0.629. The van der Waals surface area contributed by atoms with Crippen LogP contribution in [0.3, 0.4) is 0 Å². The number of hydrogen-bond donors (Lipinski definition) is 0. The summed E-state index contributed by atoms with van der Waals surface area (Å²) in [5.41, 5.74) is 0.690. The number of carbonyl (C=O) groups excluding carboxylic acids is 3. The first kappa shape index (κ1) is 19.6. The third kappa shape index (κ3) is 5.39. The second kappa shape index (κ2) is 8.59. The van der Waals surface area contributed by atoms with Crippen LogP contribution in [0.25, 0.3) is 6.08 Å². The minimum atomic E-state index is -3.83. The molecule has 2 amide bonds. The minimum Gasteiger partial charge on any atom is -0.455 e. The predicted molar refractivity (Wildman–Crippen MR) is 91.0 cm³/mol. The molecule has 0 spiro atoms. The van der Waals surface area contributed by atoms with Crippen molar-refractivity contribution in [3.05, 3.63) is 41.3 Å². The summed E-state index contributed by atoms with van der Waals surface area (Å²) in [6, 6.07) is 8.79. The Morgan fingerprint density at radius 1 is 1.31 bits per heavy atom. The Labute approximate surface area is 150 Å². The molecule has 10 heteroatoms. The van der Waals surface area contributed by atoms with Crippen molar-refractivity contribution in [1.82, 2.24) is 9.21 Å². The summed E-state index contributed by atoms with van der Waals surface area (Å²) in [4.78, 5) is 35.5. The van der Waals surface area contributed by atoms with Crippen molar-refractivity contribution in [2.45, 2.75) is 0 Å². The van der Waals surface area contributed by atoms with Gasteiger partial charge >= 0.3 is 12.1 Å². The number of rotatable bonds is 7. The van der Waals surface area contributed by atoms with Gasteiger partial charge in [-0.3, -0.25) is 9.59 Å². The van der Waals surface area contributed by atoms with E-state index in [0.29, 0.717) is 5.56 Å². The summed E-state index contributed by atoms with van der Waals surface area (Å²) >= 11 is 0. The molecule has 0 aromatic heterocycles. The molecule has 0 aliphatic carbocycles. The average Bonchev–Trinajstić information content (AvgIpc) is 3.05. The van der Waals surface area contributed by atoms with E-state index in [-0.39, 0.29) is 13.2 Å². The Bertz CT molecular complexity index is 805. The Balaban J connectivity index is 1.84. The molecule has 1 fully saturated rings. The van der Waals surface area contributed by atoms with Gasteiger partial charge in [0.1, 0.15) is 13.2 Å². The normalized spacial score (nSPS) is 14.7. The van der Waals surface area contributed by atoms with Gasteiger partial charge in [-0.15, -0.1) is 0 Å². The van der Waals surface area contributed by atoms with Crippen molar-refractivity contribution in [2.75, 3.05) is 33.4 Å². The average molecular weight is 382 g/mol. The highest BCUT2D eigenvalue weighted by Gasteiger charge is 2.29. The summed E-state index contributed by atoms with van der Waals surface area (Å²) in [5.74, 6) is -1.64. The molecule has 140 valence electrons. The molecule has 1 aromatic carbocycles. The molecule has 9 nitrogen and oxygen atoms in total. The maximum absolute atomic E-state index is 12.1. The first-order valence-corrected chi connectivity index (χ1v) is 9.12. The summed E-state index contributed by atoms with van der Waals surface area (Å²) in [7, 11) is -2.62. The fourth-order valence-electron chi connectivity index (χ4n) is 1.99. The number of ether oxygens (including phenoxy) is 2. The summed E-state index contributed by atoms with van der Waals surface area (Å²) in [6.07, 6.45) is 0.608.